The Labute approximate surface area is 105 Å². The van der Waals surface area contributed by atoms with Crippen LogP contribution in [-0.4, -0.2) is 10.8 Å². The van der Waals surface area contributed by atoms with Crippen molar-refractivity contribution < 1.29 is 0 Å². The summed E-state index contributed by atoms with van der Waals surface area (Å²) < 4.78 is 0. The molecule has 0 atom stereocenters. The molecule has 1 aromatic carbocycles. The number of hydrogen-bond donors (Lipinski definition) is 2. The van der Waals surface area contributed by atoms with Gasteiger partial charge in [-0.05, 0) is 42.9 Å². The molecular weight excluding hydrogens is 242 g/mol. The number of allylic oxidation sites excluding steroid dienone is 1. The monoisotopic (exact) mass is 253 g/mol. The van der Waals surface area contributed by atoms with E-state index < -0.39 is 0 Å². The van der Waals surface area contributed by atoms with E-state index in [0.717, 1.165) is 16.3 Å². The Morgan fingerprint density at radius 1 is 1.44 bits per heavy atom. The van der Waals surface area contributed by atoms with Crippen molar-refractivity contribution >= 4 is 40.7 Å². The van der Waals surface area contributed by atoms with Crippen LogP contribution in [0.1, 0.15) is 12.5 Å². The minimum atomic E-state index is 0.152. The first-order chi connectivity index (χ1) is 7.58. The SMILES string of the molecule is CC(/C=C/c1ccc(Cl)cc1)=N/NC(N)=S. The summed E-state index contributed by atoms with van der Waals surface area (Å²) in [5.74, 6) is 0. The first-order valence-electron chi connectivity index (χ1n) is 4.61. The zero-order valence-corrected chi connectivity index (χ0v) is 10.3. The Balaban J connectivity index is 2.62. The molecule has 5 heteroatoms. The third-order valence-electron chi connectivity index (χ3n) is 1.73. The van der Waals surface area contributed by atoms with Crippen LogP contribution >= 0.6 is 23.8 Å². The van der Waals surface area contributed by atoms with Gasteiger partial charge >= 0.3 is 0 Å². The van der Waals surface area contributed by atoms with Gasteiger partial charge < -0.3 is 5.73 Å². The second-order valence-corrected chi connectivity index (χ2v) is 3.99. The Morgan fingerprint density at radius 2 is 2.06 bits per heavy atom. The molecule has 16 heavy (non-hydrogen) atoms. The summed E-state index contributed by atoms with van der Waals surface area (Å²) in [6.07, 6.45) is 3.78. The third-order valence-corrected chi connectivity index (χ3v) is 2.07. The predicted molar refractivity (Wildman–Crippen MR) is 73.5 cm³/mol. The van der Waals surface area contributed by atoms with Gasteiger partial charge in [-0.25, -0.2) is 0 Å². The van der Waals surface area contributed by atoms with Crippen LogP contribution in [0, 0.1) is 0 Å². The Morgan fingerprint density at radius 3 is 2.62 bits per heavy atom. The highest BCUT2D eigenvalue weighted by Crippen LogP contribution is 2.10. The quantitative estimate of drug-likeness (QED) is 0.495. The number of hydrazone groups is 1. The molecule has 0 aliphatic heterocycles. The zero-order valence-electron chi connectivity index (χ0n) is 8.77. The molecule has 0 aliphatic carbocycles. The first kappa shape index (κ1) is 12.7. The summed E-state index contributed by atoms with van der Waals surface area (Å²) in [5, 5.41) is 4.82. The molecule has 1 rings (SSSR count). The number of halogens is 1. The largest absolute Gasteiger partial charge is 0.375 e. The molecule has 3 nitrogen and oxygen atoms in total. The molecule has 0 amide bonds. The zero-order chi connectivity index (χ0) is 12.0. The van der Waals surface area contributed by atoms with Crippen LogP contribution in [0.2, 0.25) is 5.02 Å². The van der Waals surface area contributed by atoms with E-state index in [4.69, 9.17) is 17.3 Å². The van der Waals surface area contributed by atoms with Gasteiger partial charge in [0.25, 0.3) is 0 Å². The van der Waals surface area contributed by atoms with Gasteiger partial charge in [-0.3, -0.25) is 5.43 Å². The van der Waals surface area contributed by atoms with Gasteiger partial charge in [0.15, 0.2) is 5.11 Å². The van der Waals surface area contributed by atoms with E-state index in [0.29, 0.717) is 0 Å². The van der Waals surface area contributed by atoms with Crippen molar-refractivity contribution in [1.82, 2.24) is 5.43 Å². The summed E-state index contributed by atoms with van der Waals surface area (Å²) in [5.41, 5.74) is 9.59. The second-order valence-electron chi connectivity index (χ2n) is 3.11. The first-order valence-corrected chi connectivity index (χ1v) is 5.40. The van der Waals surface area contributed by atoms with Gasteiger partial charge in [-0.15, -0.1) is 0 Å². The molecule has 0 spiro atoms. The lowest BCUT2D eigenvalue weighted by atomic mass is 10.2. The minimum absolute atomic E-state index is 0.152. The second kappa shape index (κ2) is 6.25. The fraction of sp³-hybridized carbons (Fsp3) is 0.0909. The summed E-state index contributed by atoms with van der Waals surface area (Å²) in [4.78, 5) is 0. The average Bonchev–Trinajstić information content (AvgIpc) is 2.25. The molecule has 0 unspecified atom stereocenters. The third kappa shape index (κ3) is 4.91. The smallest absolute Gasteiger partial charge is 0.184 e. The van der Waals surface area contributed by atoms with Crippen molar-refractivity contribution in [3.63, 3.8) is 0 Å². The van der Waals surface area contributed by atoms with E-state index >= 15 is 0 Å². The number of benzene rings is 1. The molecule has 3 N–H and O–H groups in total. The molecule has 0 fully saturated rings. The van der Waals surface area contributed by atoms with Crippen LogP contribution < -0.4 is 11.2 Å². The number of nitrogens with zero attached hydrogens (tertiary/aromatic N) is 1. The fourth-order valence-corrected chi connectivity index (χ4v) is 1.14. The van der Waals surface area contributed by atoms with Crippen molar-refractivity contribution in [2.24, 2.45) is 10.8 Å². The van der Waals surface area contributed by atoms with Gasteiger partial charge in [-0.2, -0.15) is 5.10 Å². The molecule has 0 radical (unpaired) electrons. The average molecular weight is 254 g/mol. The maximum Gasteiger partial charge on any atom is 0.184 e. The van der Waals surface area contributed by atoms with E-state index in [9.17, 15) is 0 Å². The predicted octanol–water partition coefficient (Wildman–Crippen LogP) is 2.56. The van der Waals surface area contributed by atoms with Gasteiger partial charge in [0, 0.05) is 5.02 Å². The maximum atomic E-state index is 5.77. The van der Waals surface area contributed by atoms with Crippen molar-refractivity contribution in [3.05, 3.63) is 40.9 Å². The Hall–Kier alpha value is -1.39. The number of hydrogen-bond acceptors (Lipinski definition) is 2. The Bertz CT molecular complexity index is 423. The van der Waals surface area contributed by atoms with E-state index in [2.05, 4.69) is 22.7 Å². The van der Waals surface area contributed by atoms with E-state index in [1.807, 2.05) is 43.3 Å². The van der Waals surface area contributed by atoms with E-state index in [1.165, 1.54) is 0 Å². The molecule has 0 saturated heterocycles. The minimum Gasteiger partial charge on any atom is -0.375 e. The van der Waals surface area contributed by atoms with Crippen LogP contribution in [0.15, 0.2) is 35.4 Å². The van der Waals surface area contributed by atoms with Crippen LogP contribution in [-0.2, 0) is 0 Å². The number of thiocarbonyl (C=S) groups is 1. The molecule has 84 valence electrons. The molecule has 0 heterocycles. The van der Waals surface area contributed by atoms with Gasteiger partial charge in [-0.1, -0.05) is 29.8 Å². The lowest BCUT2D eigenvalue weighted by Gasteiger charge is -1.96. The maximum absolute atomic E-state index is 5.77. The standard InChI is InChI=1S/C11H12ClN3S/c1-8(14-15-11(13)16)2-3-9-4-6-10(12)7-5-9/h2-7H,1H3,(H3,13,15,16)/b3-2+,14-8-. The molecule has 0 aromatic heterocycles. The molecule has 0 aliphatic rings. The van der Waals surface area contributed by atoms with Gasteiger partial charge in [0.2, 0.25) is 0 Å². The number of nitrogens with one attached hydrogen (secondary N) is 1. The van der Waals surface area contributed by atoms with Crippen molar-refractivity contribution in [2.75, 3.05) is 0 Å². The van der Waals surface area contributed by atoms with E-state index in [-0.39, 0.29) is 5.11 Å². The topological polar surface area (TPSA) is 50.4 Å². The molecule has 0 saturated carbocycles. The highest BCUT2D eigenvalue weighted by Gasteiger charge is 1.89. The summed E-state index contributed by atoms with van der Waals surface area (Å²) in [7, 11) is 0. The van der Waals surface area contributed by atoms with Gasteiger partial charge in [0.05, 0.1) is 5.71 Å². The Kier molecular flexibility index (Phi) is 4.95. The van der Waals surface area contributed by atoms with Crippen molar-refractivity contribution in [1.29, 1.82) is 0 Å². The fourth-order valence-electron chi connectivity index (χ4n) is 0.971. The number of nitrogens with two attached hydrogens (primary N) is 1. The van der Waals surface area contributed by atoms with Crippen molar-refractivity contribution in [2.45, 2.75) is 6.92 Å². The van der Waals surface area contributed by atoms with Crippen LogP contribution in [0.3, 0.4) is 0 Å². The lowest BCUT2D eigenvalue weighted by molar-refractivity contribution is 1.03. The number of rotatable bonds is 3. The molecule has 1 aromatic rings. The highest BCUT2D eigenvalue weighted by atomic mass is 35.5. The van der Waals surface area contributed by atoms with Gasteiger partial charge in [0.1, 0.15) is 0 Å². The van der Waals surface area contributed by atoms with Crippen LogP contribution in [0.25, 0.3) is 6.08 Å². The molecule has 0 bridgehead atoms. The summed E-state index contributed by atoms with van der Waals surface area (Å²) >= 11 is 10.4. The summed E-state index contributed by atoms with van der Waals surface area (Å²) in [6, 6.07) is 7.52. The summed E-state index contributed by atoms with van der Waals surface area (Å²) in [6.45, 7) is 1.84. The van der Waals surface area contributed by atoms with Crippen LogP contribution in [0.4, 0.5) is 0 Å². The van der Waals surface area contributed by atoms with E-state index in [1.54, 1.807) is 0 Å². The molecular formula is C11H12ClN3S. The highest BCUT2D eigenvalue weighted by molar-refractivity contribution is 7.80. The van der Waals surface area contributed by atoms with Crippen molar-refractivity contribution in [3.8, 4) is 0 Å². The normalized spacial score (nSPS) is 11.8. The van der Waals surface area contributed by atoms with Crippen LogP contribution in [0.5, 0.6) is 0 Å². The lowest BCUT2D eigenvalue weighted by Crippen LogP contribution is -2.24.